The van der Waals surface area contributed by atoms with Crippen LogP contribution in [0.4, 0.5) is 0 Å². The van der Waals surface area contributed by atoms with Crippen molar-refractivity contribution >= 4 is 21.8 Å². The first-order chi connectivity index (χ1) is 6.34. The molecular weight excluding hydrogens is 224 g/mol. The fraction of sp³-hybridized carbons (Fsp3) is 1.00. The van der Waals surface area contributed by atoms with Gasteiger partial charge in [-0.05, 0) is 20.3 Å². The maximum absolute atomic E-state index is 11.8. The Labute approximate surface area is 92.0 Å². The highest BCUT2D eigenvalue weighted by Gasteiger charge is 2.26. The Kier molecular flexibility index (Phi) is 5.97. The van der Waals surface area contributed by atoms with Gasteiger partial charge in [-0.3, -0.25) is 0 Å². The summed E-state index contributed by atoms with van der Waals surface area (Å²) in [6, 6.07) is -0.0365. The second-order valence-corrected chi connectivity index (χ2v) is 6.01. The van der Waals surface area contributed by atoms with Gasteiger partial charge in [0.2, 0.25) is 0 Å². The smallest absolute Gasteiger partial charge is 0.195 e. The van der Waals surface area contributed by atoms with E-state index in [0.29, 0.717) is 18.8 Å². The molecule has 0 aliphatic rings. The van der Waals surface area contributed by atoms with Gasteiger partial charge in [0.05, 0.1) is 0 Å². The molecule has 0 unspecified atom stereocenters. The summed E-state index contributed by atoms with van der Waals surface area (Å²) in [6.07, 6.45) is 0.673. The topological polar surface area (TPSA) is 40.6 Å². The molecule has 14 heavy (non-hydrogen) atoms. The number of hydrogen-bond donors (Lipinski definition) is 0. The standard InChI is InChI=1S/C8H19ClN2O2S/c1-8(2)11(7-5-6-9)14(12,13)10(3)4/h8H,5-7H2,1-4H3. The van der Waals surface area contributed by atoms with Crippen LogP contribution in [0.2, 0.25) is 0 Å². The van der Waals surface area contributed by atoms with Crippen molar-refractivity contribution in [3.8, 4) is 0 Å². The van der Waals surface area contributed by atoms with Gasteiger partial charge in [0.1, 0.15) is 0 Å². The third kappa shape index (κ3) is 3.73. The lowest BCUT2D eigenvalue weighted by molar-refractivity contribution is 0.329. The molecule has 0 spiro atoms. The van der Waals surface area contributed by atoms with Gasteiger partial charge in [-0.15, -0.1) is 11.6 Å². The maximum Gasteiger partial charge on any atom is 0.281 e. The van der Waals surface area contributed by atoms with Gasteiger partial charge < -0.3 is 0 Å². The molecule has 0 saturated carbocycles. The van der Waals surface area contributed by atoms with Gasteiger partial charge in [0.25, 0.3) is 10.2 Å². The molecular formula is C8H19ClN2O2S. The lowest BCUT2D eigenvalue weighted by Crippen LogP contribution is -2.44. The third-order valence-corrected chi connectivity index (χ3v) is 4.23. The Bertz CT molecular complexity index is 252. The Morgan fingerprint density at radius 3 is 2.07 bits per heavy atom. The van der Waals surface area contributed by atoms with Gasteiger partial charge >= 0.3 is 0 Å². The lowest BCUT2D eigenvalue weighted by atomic mass is 10.4. The summed E-state index contributed by atoms with van der Waals surface area (Å²) in [5, 5.41) is 0. The molecule has 0 atom stereocenters. The van der Waals surface area contributed by atoms with Crippen LogP contribution in [-0.4, -0.2) is 49.6 Å². The molecule has 6 heteroatoms. The van der Waals surface area contributed by atoms with Crippen LogP contribution in [0.15, 0.2) is 0 Å². The summed E-state index contributed by atoms with van der Waals surface area (Å²) in [4.78, 5) is 0. The molecule has 0 aromatic rings. The van der Waals surface area contributed by atoms with Crippen LogP contribution in [-0.2, 0) is 10.2 Å². The Hall–Kier alpha value is 0.160. The minimum atomic E-state index is -3.30. The first-order valence-corrected chi connectivity index (χ1v) is 6.52. The molecule has 0 aromatic heterocycles. The molecule has 0 heterocycles. The summed E-state index contributed by atoms with van der Waals surface area (Å²) in [6.45, 7) is 4.19. The summed E-state index contributed by atoms with van der Waals surface area (Å²) in [5.41, 5.74) is 0. The molecule has 0 bridgehead atoms. The SMILES string of the molecule is CC(C)N(CCCCl)S(=O)(=O)N(C)C. The quantitative estimate of drug-likeness (QED) is 0.656. The van der Waals surface area contributed by atoms with Crippen LogP contribution >= 0.6 is 11.6 Å². The zero-order valence-corrected chi connectivity index (χ0v) is 10.8. The van der Waals surface area contributed by atoms with Crippen molar-refractivity contribution in [2.75, 3.05) is 26.5 Å². The molecule has 0 rings (SSSR count). The highest BCUT2D eigenvalue weighted by Crippen LogP contribution is 2.10. The number of hydrogen-bond acceptors (Lipinski definition) is 2. The predicted molar refractivity (Wildman–Crippen MR) is 59.8 cm³/mol. The van der Waals surface area contributed by atoms with E-state index in [2.05, 4.69) is 0 Å². The number of alkyl halides is 1. The van der Waals surface area contributed by atoms with Crippen molar-refractivity contribution in [1.82, 2.24) is 8.61 Å². The van der Waals surface area contributed by atoms with Gasteiger partial charge in [-0.2, -0.15) is 17.0 Å². The van der Waals surface area contributed by atoms with E-state index in [0.717, 1.165) is 0 Å². The highest BCUT2D eigenvalue weighted by molar-refractivity contribution is 7.86. The second kappa shape index (κ2) is 5.90. The van der Waals surface area contributed by atoms with Crippen LogP contribution < -0.4 is 0 Å². The van der Waals surface area contributed by atoms with Crippen LogP contribution in [0, 0.1) is 0 Å². The molecule has 0 aliphatic carbocycles. The minimum Gasteiger partial charge on any atom is -0.195 e. The van der Waals surface area contributed by atoms with E-state index >= 15 is 0 Å². The minimum absolute atomic E-state index is 0.0365. The van der Waals surface area contributed by atoms with E-state index in [9.17, 15) is 8.42 Å². The highest BCUT2D eigenvalue weighted by atomic mass is 35.5. The monoisotopic (exact) mass is 242 g/mol. The van der Waals surface area contributed by atoms with Crippen molar-refractivity contribution in [1.29, 1.82) is 0 Å². The summed E-state index contributed by atoms with van der Waals surface area (Å²) >= 11 is 5.54. The van der Waals surface area contributed by atoms with Crippen LogP contribution in [0.25, 0.3) is 0 Å². The van der Waals surface area contributed by atoms with E-state index in [1.165, 1.54) is 22.7 Å². The predicted octanol–water partition coefficient (Wildman–Crippen LogP) is 1.13. The number of nitrogens with zero attached hydrogens (tertiary/aromatic N) is 2. The summed E-state index contributed by atoms with van der Waals surface area (Å²) in [5.74, 6) is 0.478. The van der Waals surface area contributed by atoms with Gasteiger partial charge in [-0.25, -0.2) is 0 Å². The molecule has 0 aromatic carbocycles. The fourth-order valence-corrected chi connectivity index (χ4v) is 2.50. The maximum atomic E-state index is 11.8. The molecule has 0 aliphatic heterocycles. The lowest BCUT2D eigenvalue weighted by Gasteiger charge is -2.28. The van der Waals surface area contributed by atoms with E-state index in [1.54, 1.807) is 0 Å². The fourth-order valence-electron chi connectivity index (χ4n) is 1.07. The Balaban J connectivity index is 4.65. The van der Waals surface area contributed by atoms with Crippen molar-refractivity contribution in [3.05, 3.63) is 0 Å². The van der Waals surface area contributed by atoms with E-state index < -0.39 is 10.2 Å². The van der Waals surface area contributed by atoms with Crippen LogP contribution in [0.5, 0.6) is 0 Å². The normalized spacial score (nSPS) is 13.1. The average Bonchev–Trinajstić information content (AvgIpc) is 2.03. The van der Waals surface area contributed by atoms with Gasteiger partial charge in [0, 0.05) is 32.6 Å². The van der Waals surface area contributed by atoms with Crippen molar-refractivity contribution in [2.45, 2.75) is 26.3 Å². The average molecular weight is 243 g/mol. The van der Waals surface area contributed by atoms with Crippen molar-refractivity contribution in [2.24, 2.45) is 0 Å². The van der Waals surface area contributed by atoms with Gasteiger partial charge in [-0.1, -0.05) is 0 Å². The molecule has 0 fully saturated rings. The first-order valence-electron chi connectivity index (χ1n) is 4.59. The van der Waals surface area contributed by atoms with Gasteiger partial charge in [0.15, 0.2) is 0 Å². The molecule has 0 saturated heterocycles. The Morgan fingerprint density at radius 1 is 1.29 bits per heavy atom. The van der Waals surface area contributed by atoms with E-state index in [-0.39, 0.29) is 6.04 Å². The second-order valence-electron chi connectivity index (χ2n) is 3.54. The zero-order valence-electron chi connectivity index (χ0n) is 9.20. The largest absolute Gasteiger partial charge is 0.281 e. The first kappa shape index (κ1) is 14.2. The van der Waals surface area contributed by atoms with Crippen molar-refractivity contribution < 1.29 is 8.42 Å². The number of halogens is 1. The summed E-state index contributed by atoms with van der Waals surface area (Å²) < 4.78 is 26.3. The van der Waals surface area contributed by atoms with Crippen LogP contribution in [0.1, 0.15) is 20.3 Å². The van der Waals surface area contributed by atoms with Crippen LogP contribution in [0.3, 0.4) is 0 Å². The molecule has 86 valence electrons. The molecule has 4 nitrogen and oxygen atoms in total. The van der Waals surface area contributed by atoms with E-state index in [4.69, 9.17) is 11.6 Å². The molecule has 0 radical (unpaired) electrons. The zero-order chi connectivity index (χ0) is 11.4. The number of rotatable bonds is 6. The summed E-state index contributed by atoms with van der Waals surface area (Å²) in [7, 11) is -0.236. The van der Waals surface area contributed by atoms with Crippen molar-refractivity contribution in [3.63, 3.8) is 0 Å². The molecule has 0 N–H and O–H groups in total. The molecule has 0 amide bonds. The Morgan fingerprint density at radius 2 is 1.79 bits per heavy atom. The third-order valence-electron chi connectivity index (χ3n) is 1.85. The van der Waals surface area contributed by atoms with E-state index in [1.807, 2.05) is 13.8 Å².